The fourth-order valence-electron chi connectivity index (χ4n) is 2.03. The molecule has 0 saturated heterocycles. The Balaban J connectivity index is 1.79. The molecule has 1 atom stereocenters. The molecule has 6 nitrogen and oxygen atoms in total. The number of hydrogen-bond donors (Lipinski definition) is 0. The number of amides is 1. The van der Waals surface area contributed by atoms with Crippen molar-refractivity contribution >= 4 is 34.6 Å². The summed E-state index contributed by atoms with van der Waals surface area (Å²) in [4.78, 5) is 28.3. The number of aromatic nitrogens is 1. The van der Waals surface area contributed by atoms with Crippen LogP contribution in [0.5, 0.6) is 0 Å². The summed E-state index contributed by atoms with van der Waals surface area (Å²) in [6, 6.07) is 9.65. The number of rotatable bonds is 4. The molecule has 1 amide bonds. The Morgan fingerprint density at radius 2 is 2.14 bits per heavy atom. The van der Waals surface area contributed by atoms with Gasteiger partial charge in [0.05, 0.1) is 12.3 Å². The van der Waals surface area contributed by atoms with Gasteiger partial charge in [-0.3, -0.25) is 9.59 Å². The number of thiazole rings is 1. The van der Waals surface area contributed by atoms with Crippen LogP contribution in [0.15, 0.2) is 40.8 Å². The highest BCUT2D eigenvalue weighted by molar-refractivity contribution is 7.14. The molecular weight excluding hydrogens is 302 g/mol. The second-order valence-corrected chi connectivity index (χ2v) is 5.36. The van der Waals surface area contributed by atoms with Gasteiger partial charge in [0.2, 0.25) is 5.13 Å². The topological polar surface area (TPSA) is 71.9 Å². The largest absolute Gasteiger partial charge is 0.465 e. The van der Waals surface area contributed by atoms with E-state index in [1.807, 2.05) is 35.7 Å². The molecule has 1 aliphatic heterocycles. The molecule has 112 valence electrons. The van der Waals surface area contributed by atoms with Crippen molar-refractivity contribution in [3.63, 3.8) is 0 Å². The van der Waals surface area contributed by atoms with Crippen LogP contribution in [0, 0.1) is 5.92 Å². The van der Waals surface area contributed by atoms with E-state index in [0.717, 1.165) is 16.3 Å². The number of esters is 1. The first-order valence-electron chi connectivity index (χ1n) is 6.76. The van der Waals surface area contributed by atoms with Gasteiger partial charge in [-0.25, -0.2) is 4.98 Å². The lowest BCUT2D eigenvalue weighted by atomic mass is 10.1. The van der Waals surface area contributed by atoms with Gasteiger partial charge in [0.1, 0.15) is 0 Å². The standard InChI is InChI=1S/C15H13N3O3S/c1-2-21-14(20)11-8-16-18(13(11)19)15-17-12(9-22-15)10-6-4-3-5-7-10/h3-9,11H,2H2,1H3/t11-/m1/s1. The zero-order valence-electron chi connectivity index (χ0n) is 11.8. The van der Waals surface area contributed by atoms with Crippen molar-refractivity contribution < 1.29 is 14.3 Å². The molecule has 0 spiro atoms. The molecule has 0 fully saturated rings. The minimum Gasteiger partial charge on any atom is -0.465 e. The Labute approximate surface area is 131 Å². The van der Waals surface area contributed by atoms with E-state index < -0.39 is 17.8 Å². The quantitative estimate of drug-likeness (QED) is 0.641. The summed E-state index contributed by atoms with van der Waals surface area (Å²) in [5.74, 6) is -2.00. The van der Waals surface area contributed by atoms with Crippen molar-refractivity contribution in [1.82, 2.24) is 4.98 Å². The van der Waals surface area contributed by atoms with Crippen LogP contribution in [0.1, 0.15) is 6.92 Å². The summed E-state index contributed by atoms with van der Waals surface area (Å²) in [7, 11) is 0. The molecule has 1 aromatic carbocycles. The molecule has 1 aromatic heterocycles. The third-order valence-corrected chi connectivity index (χ3v) is 3.91. The van der Waals surface area contributed by atoms with E-state index in [-0.39, 0.29) is 6.61 Å². The smallest absolute Gasteiger partial charge is 0.324 e. The van der Waals surface area contributed by atoms with Gasteiger partial charge in [-0.15, -0.1) is 11.3 Å². The van der Waals surface area contributed by atoms with Crippen molar-refractivity contribution in [2.45, 2.75) is 6.92 Å². The highest BCUT2D eigenvalue weighted by Gasteiger charge is 2.37. The Kier molecular flexibility index (Phi) is 3.97. The minimum absolute atomic E-state index is 0.228. The maximum atomic E-state index is 12.2. The molecule has 22 heavy (non-hydrogen) atoms. The Morgan fingerprint density at radius 1 is 1.36 bits per heavy atom. The number of nitrogens with zero attached hydrogens (tertiary/aromatic N) is 3. The number of anilines is 1. The van der Waals surface area contributed by atoms with E-state index >= 15 is 0 Å². The van der Waals surface area contributed by atoms with Gasteiger partial charge in [-0.1, -0.05) is 30.3 Å². The molecule has 0 aliphatic carbocycles. The van der Waals surface area contributed by atoms with Gasteiger partial charge in [-0.05, 0) is 6.92 Å². The highest BCUT2D eigenvalue weighted by Crippen LogP contribution is 2.30. The number of hydrogen-bond acceptors (Lipinski definition) is 6. The van der Waals surface area contributed by atoms with Crippen molar-refractivity contribution in [1.29, 1.82) is 0 Å². The van der Waals surface area contributed by atoms with Crippen molar-refractivity contribution in [3.05, 3.63) is 35.7 Å². The zero-order chi connectivity index (χ0) is 15.5. The van der Waals surface area contributed by atoms with Crippen LogP contribution in [0.4, 0.5) is 5.13 Å². The molecule has 2 heterocycles. The maximum absolute atomic E-state index is 12.2. The third-order valence-electron chi connectivity index (χ3n) is 3.09. The molecule has 0 saturated carbocycles. The lowest BCUT2D eigenvalue weighted by Gasteiger charge is -2.10. The zero-order valence-corrected chi connectivity index (χ0v) is 12.6. The van der Waals surface area contributed by atoms with E-state index in [2.05, 4.69) is 10.1 Å². The summed E-state index contributed by atoms with van der Waals surface area (Å²) < 4.78 is 4.86. The number of carbonyl (C=O) groups excluding carboxylic acids is 2. The Hall–Kier alpha value is -2.54. The number of benzene rings is 1. The normalized spacial score (nSPS) is 17.0. The fourth-order valence-corrected chi connectivity index (χ4v) is 2.82. The summed E-state index contributed by atoms with van der Waals surface area (Å²) in [5.41, 5.74) is 1.73. The van der Waals surface area contributed by atoms with E-state index in [0.29, 0.717) is 5.13 Å². The Bertz CT molecular complexity index is 727. The molecule has 1 aliphatic rings. The van der Waals surface area contributed by atoms with Gasteiger partial charge in [0.15, 0.2) is 5.92 Å². The first-order chi connectivity index (χ1) is 10.7. The molecule has 0 bridgehead atoms. The van der Waals surface area contributed by atoms with Crippen LogP contribution < -0.4 is 5.01 Å². The maximum Gasteiger partial charge on any atom is 0.324 e. The van der Waals surface area contributed by atoms with Crippen molar-refractivity contribution in [3.8, 4) is 11.3 Å². The van der Waals surface area contributed by atoms with Crippen LogP contribution in [0.25, 0.3) is 11.3 Å². The van der Waals surface area contributed by atoms with E-state index in [4.69, 9.17) is 4.74 Å². The molecule has 2 aromatic rings. The van der Waals surface area contributed by atoms with Crippen LogP contribution in [-0.4, -0.2) is 29.7 Å². The SMILES string of the molecule is CCOC(=O)[C@@H]1C=NN(c2nc(-c3ccccc3)cs2)C1=O. The van der Waals surface area contributed by atoms with Gasteiger partial charge < -0.3 is 4.74 Å². The number of ether oxygens (including phenoxy) is 1. The summed E-state index contributed by atoms with van der Waals surface area (Å²) in [6.07, 6.45) is 1.30. The fraction of sp³-hybridized carbons (Fsp3) is 0.200. The van der Waals surface area contributed by atoms with Crippen LogP contribution in [0.2, 0.25) is 0 Å². The first kappa shape index (κ1) is 14.4. The molecule has 0 radical (unpaired) electrons. The Morgan fingerprint density at radius 3 is 2.86 bits per heavy atom. The predicted molar refractivity (Wildman–Crippen MR) is 83.7 cm³/mol. The summed E-state index contributed by atoms with van der Waals surface area (Å²) >= 11 is 1.30. The van der Waals surface area contributed by atoms with Gasteiger partial charge >= 0.3 is 5.97 Å². The number of hydrazone groups is 1. The molecular formula is C15H13N3O3S. The monoisotopic (exact) mass is 315 g/mol. The average Bonchev–Trinajstić information content (AvgIpc) is 3.15. The second-order valence-electron chi connectivity index (χ2n) is 4.53. The van der Waals surface area contributed by atoms with Gasteiger partial charge in [0.25, 0.3) is 5.91 Å². The minimum atomic E-state index is -0.982. The molecule has 3 rings (SSSR count). The van der Waals surface area contributed by atoms with E-state index in [1.165, 1.54) is 17.6 Å². The molecule has 0 N–H and O–H groups in total. The highest BCUT2D eigenvalue weighted by atomic mass is 32.1. The first-order valence-corrected chi connectivity index (χ1v) is 7.64. The van der Waals surface area contributed by atoms with Crippen molar-refractivity contribution in [2.75, 3.05) is 11.6 Å². The van der Waals surface area contributed by atoms with Crippen LogP contribution in [-0.2, 0) is 14.3 Å². The van der Waals surface area contributed by atoms with Crippen LogP contribution >= 0.6 is 11.3 Å². The number of carbonyl (C=O) groups is 2. The van der Waals surface area contributed by atoms with Crippen LogP contribution in [0.3, 0.4) is 0 Å². The third kappa shape index (κ3) is 2.62. The second kappa shape index (κ2) is 6.07. The van der Waals surface area contributed by atoms with Gasteiger partial charge in [0, 0.05) is 17.2 Å². The van der Waals surface area contributed by atoms with E-state index in [1.54, 1.807) is 6.92 Å². The van der Waals surface area contributed by atoms with E-state index in [9.17, 15) is 9.59 Å². The molecule has 0 unspecified atom stereocenters. The average molecular weight is 315 g/mol. The van der Waals surface area contributed by atoms with Gasteiger partial charge in [-0.2, -0.15) is 10.1 Å². The predicted octanol–water partition coefficient (Wildman–Crippen LogP) is 2.32. The van der Waals surface area contributed by atoms with Crippen molar-refractivity contribution in [2.24, 2.45) is 11.0 Å². The lowest BCUT2D eigenvalue weighted by molar-refractivity contribution is -0.147. The summed E-state index contributed by atoms with van der Waals surface area (Å²) in [5, 5.41) is 7.43. The lowest BCUT2D eigenvalue weighted by Crippen LogP contribution is -2.32. The molecule has 7 heteroatoms. The summed E-state index contributed by atoms with van der Waals surface area (Å²) in [6.45, 7) is 1.92.